The third-order valence-corrected chi connectivity index (χ3v) is 12.8. The molecule has 0 aliphatic rings. The summed E-state index contributed by atoms with van der Waals surface area (Å²) in [5, 5.41) is 0. The summed E-state index contributed by atoms with van der Waals surface area (Å²) in [6, 6.07) is 2.07. The molecule has 6 heteroatoms. The van der Waals surface area contributed by atoms with Gasteiger partial charge < -0.3 is 17.7 Å². The maximum absolute atomic E-state index is 5.75. The Morgan fingerprint density at radius 3 is 1.00 bits per heavy atom. The highest BCUT2D eigenvalue weighted by Crippen LogP contribution is 2.32. The predicted molar refractivity (Wildman–Crippen MR) is 88.6 cm³/mol. The fourth-order valence-corrected chi connectivity index (χ4v) is 8.51. The maximum atomic E-state index is 5.75. The summed E-state index contributed by atoms with van der Waals surface area (Å²) in [4.78, 5) is 0. The van der Waals surface area contributed by atoms with Crippen LogP contribution in [0.2, 0.25) is 23.2 Å². The molecule has 20 heavy (non-hydrogen) atoms. The molecule has 0 amide bonds. The lowest BCUT2D eigenvalue weighted by Gasteiger charge is -2.33. The van der Waals surface area contributed by atoms with Crippen LogP contribution in [-0.2, 0) is 17.7 Å². The van der Waals surface area contributed by atoms with Crippen molar-refractivity contribution in [2.24, 2.45) is 0 Å². The molecular formula is C14H34O4Si2. The Morgan fingerprint density at radius 1 is 0.600 bits per heavy atom. The fraction of sp³-hybridized carbons (Fsp3) is 1.00. The Labute approximate surface area is 127 Å². The van der Waals surface area contributed by atoms with E-state index in [1.54, 1.807) is 28.4 Å². The van der Waals surface area contributed by atoms with Crippen molar-refractivity contribution in [2.75, 3.05) is 28.4 Å². The van der Waals surface area contributed by atoms with Gasteiger partial charge in [-0.3, -0.25) is 0 Å². The van der Waals surface area contributed by atoms with Crippen molar-refractivity contribution in [3.63, 3.8) is 0 Å². The molecule has 0 unspecified atom stereocenters. The van der Waals surface area contributed by atoms with E-state index in [-0.39, 0.29) is 0 Å². The standard InChI is InChI=1S/C14H34O4Si2/c1-13(2)19(15-5,16-6)11-9-10-12-20(17-7,18-8)14(3)4/h13-14H,9-12H2,1-8H3. The van der Waals surface area contributed by atoms with Gasteiger partial charge in [0, 0.05) is 28.4 Å². The number of rotatable bonds is 11. The van der Waals surface area contributed by atoms with Crippen molar-refractivity contribution in [3.8, 4) is 0 Å². The molecule has 122 valence electrons. The highest BCUT2D eigenvalue weighted by Gasteiger charge is 2.41. The Kier molecular flexibility index (Phi) is 9.45. The van der Waals surface area contributed by atoms with Gasteiger partial charge in [0.05, 0.1) is 0 Å². The third-order valence-electron chi connectivity index (χ3n) is 4.44. The molecule has 0 fully saturated rings. The van der Waals surface area contributed by atoms with Gasteiger partial charge in [0.25, 0.3) is 0 Å². The lowest BCUT2D eigenvalue weighted by atomic mass is 10.4. The maximum Gasteiger partial charge on any atom is 0.340 e. The van der Waals surface area contributed by atoms with Gasteiger partial charge in [0.1, 0.15) is 0 Å². The summed E-state index contributed by atoms with van der Waals surface area (Å²) in [5.41, 5.74) is 0.934. The normalized spacial score (nSPS) is 13.5. The van der Waals surface area contributed by atoms with Crippen LogP contribution in [0.5, 0.6) is 0 Å². The molecule has 4 nitrogen and oxygen atoms in total. The minimum absolute atomic E-state index is 0.467. The van der Waals surface area contributed by atoms with Crippen molar-refractivity contribution >= 4 is 17.1 Å². The first-order chi connectivity index (χ1) is 9.34. The van der Waals surface area contributed by atoms with Crippen LogP contribution in [0.3, 0.4) is 0 Å². The van der Waals surface area contributed by atoms with Crippen LogP contribution >= 0.6 is 0 Å². The van der Waals surface area contributed by atoms with Crippen LogP contribution in [0, 0.1) is 0 Å². The molecule has 0 bridgehead atoms. The molecule has 0 atom stereocenters. The Balaban J connectivity index is 4.43. The summed E-state index contributed by atoms with van der Waals surface area (Å²) < 4.78 is 23.0. The number of hydrogen-bond acceptors (Lipinski definition) is 4. The highest BCUT2D eigenvalue weighted by molar-refractivity contribution is 6.69. The fourth-order valence-electron chi connectivity index (χ4n) is 2.84. The van der Waals surface area contributed by atoms with E-state index in [9.17, 15) is 0 Å². The first-order valence-corrected chi connectivity index (χ1v) is 11.7. The van der Waals surface area contributed by atoms with E-state index in [1.165, 1.54) is 0 Å². The SMILES string of the molecule is CO[Si](CCCC[Si](OC)(OC)C(C)C)(OC)C(C)C. The second-order valence-corrected chi connectivity index (χ2v) is 14.1. The molecule has 0 radical (unpaired) electrons. The lowest BCUT2D eigenvalue weighted by molar-refractivity contribution is 0.226. The first kappa shape index (κ1) is 20.3. The smallest absolute Gasteiger partial charge is 0.340 e. The predicted octanol–water partition coefficient (Wildman–Crippen LogP) is 4.06. The summed E-state index contributed by atoms with van der Waals surface area (Å²) >= 11 is 0. The third kappa shape index (κ3) is 4.92. The van der Waals surface area contributed by atoms with Gasteiger partial charge in [0.2, 0.25) is 0 Å². The molecule has 0 spiro atoms. The second-order valence-electron chi connectivity index (χ2n) is 5.96. The van der Waals surface area contributed by atoms with E-state index in [0.717, 1.165) is 24.9 Å². The van der Waals surface area contributed by atoms with E-state index < -0.39 is 17.1 Å². The van der Waals surface area contributed by atoms with Gasteiger partial charge in [-0.1, -0.05) is 40.5 Å². The molecule has 0 aromatic carbocycles. The van der Waals surface area contributed by atoms with E-state index in [2.05, 4.69) is 27.7 Å². The minimum atomic E-state index is -2.03. The van der Waals surface area contributed by atoms with Crippen LogP contribution in [-0.4, -0.2) is 45.6 Å². The lowest BCUT2D eigenvalue weighted by Crippen LogP contribution is -2.44. The monoisotopic (exact) mass is 322 g/mol. The largest absolute Gasteiger partial charge is 0.397 e. The van der Waals surface area contributed by atoms with E-state index in [4.69, 9.17) is 17.7 Å². The average molecular weight is 323 g/mol. The molecule has 0 saturated carbocycles. The van der Waals surface area contributed by atoms with Crippen LogP contribution in [0.25, 0.3) is 0 Å². The van der Waals surface area contributed by atoms with Gasteiger partial charge in [-0.15, -0.1) is 0 Å². The van der Waals surface area contributed by atoms with Gasteiger partial charge in [-0.05, 0) is 23.2 Å². The van der Waals surface area contributed by atoms with E-state index in [0.29, 0.717) is 11.1 Å². The average Bonchev–Trinajstić information content (AvgIpc) is 2.43. The van der Waals surface area contributed by atoms with Crippen LogP contribution in [0.4, 0.5) is 0 Å². The molecule has 0 aromatic rings. The van der Waals surface area contributed by atoms with Crippen molar-refractivity contribution in [2.45, 2.75) is 63.7 Å². The summed E-state index contributed by atoms with van der Waals surface area (Å²) in [6.07, 6.45) is 2.22. The zero-order valence-corrected chi connectivity index (χ0v) is 16.6. The molecule has 0 saturated heterocycles. The van der Waals surface area contributed by atoms with E-state index >= 15 is 0 Å². The molecule has 0 rings (SSSR count). The van der Waals surface area contributed by atoms with E-state index in [1.807, 2.05) is 0 Å². The van der Waals surface area contributed by atoms with Crippen LogP contribution < -0.4 is 0 Å². The number of unbranched alkanes of at least 4 members (excludes halogenated alkanes) is 1. The quantitative estimate of drug-likeness (QED) is 0.425. The zero-order chi connectivity index (χ0) is 15.8. The molecule has 0 aliphatic carbocycles. The van der Waals surface area contributed by atoms with Gasteiger partial charge >= 0.3 is 17.1 Å². The summed E-state index contributed by atoms with van der Waals surface area (Å²) in [7, 11) is 3.08. The second kappa shape index (κ2) is 9.32. The summed E-state index contributed by atoms with van der Waals surface area (Å²) in [6.45, 7) is 8.76. The molecular weight excluding hydrogens is 288 g/mol. The van der Waals surface area contributed by atoms with Gasteiger partial charge in [-0.25, -0.2) is 0 Å². The first-order valence-electron chi connectivity index (χ1n) is 7.54. The molecule has 0 N–H and O–H groups in total. The summed E-state index contributed by atoms with van der Waals surface area (Å²) in [5.74, 6) is 0. The van der Waals surface area contributed by atoms with Crippen molar-refractivity contribution < 1.29 is 17.7 Å². The Hall–Kier alpha value is 0.274. The topological polar surface area (TPSA) is 36.9 Å². The number of hydrogen-bond donors (Lipinski definition) is 0. The highest BCUT2D eigenvalue weighted by atomic mass is 28.4. The van der Waals surface area contributed by atoms with Crippen molar-refractivity contribution in [1.29, 1.82) is 0 Å². The van der Waals surface area contributed by atoms with Gasteiger partial charge in [-0.2, -0.15) is 0 Å². The van der Waals surface area contributed by atoms with Crippen molar-refractivity contribution in [1.82, 2.24) is 0 Å². The van der Waals surface area contributed by atoms with Crippen molar-refractivity contribution in [3.05, 3.63) is 0 Å². The molecule has 0 aromatic heterocycles. The minimum Gasteiger partial charge on any atom is -0.397 e. The van der Waals surface area contributed by atoms with Crippen LogP contribution in [0.1, 0.15) is 40.5 Å². The Bertz CT molecular complexity index is 226. The molecule has 0 heterocycles. The zero-order valence-electron chi connectivity index (χ0n) is 14.6. The molecule has 0 aliphatic heterocycles. The van der Waals surface area contributed by atoms with Gasteiger partial charge in [0.15, 0.2) is 0 Å². The Morgan fingerprint density at radius 2 is 0.850 bits per heavy atom. The van der Waals surface area contributed by atoms with Crippen LogP contribution in [0.15, 0.2) is 0 Å².